The van der Waals surface area contributed by atoms with Crippen LogP contribution in [-0.2, 0) is 4.79 Å². The molecule has 0 unspecified atom stereocenters. The lowest BCUT2D eigenvalue weighted by atomic mass is 9.88. The summed E-state index contributed by atoms with van der Waals surface area (Å²) in [6.45, 7) is 0. The van der Waals surface area contributed by atoms with Crippen molar-refractivity contribution in [2.75, 3.05) is 5.32 Å². The molecule has 0 aliphatic heterocycles. The molecule has 84 valence electrons. The van der Waals surface area contributed by atoms with Crippen LogP contribution in [0.2, 0.25) is 0 Å². The number of hydrogen-bond acceptors (Lipinski definition) is 2. The fourth-order valence-corrected chi connectivity index (χ4v) is 3.22. The van der Waals surface area contributed by atoms with E-state index in [2.05, 4.69) is 10.3 Å². The van der Waals surface area contributed by atoms with Crippen LogP contribution in [0.25, 0.3) is 0 Å². The molecule has 3 heteroatoms. The summed E-state index contributed by atoms with van der Waals surface area (Å²) >= 11 is 0. The van der Waals surface area contributed by atoms with Crippen LogP contribution >= 0.6 is 0 Å². The van der Waals surface area contributed by atoms with E-state index in [1.54, 1.807) is 6.20 Å². The number of hydrogen-bond donors (Lipinski definition) is 1. The number of carbonyl (C=O) groups is 1. The summed E-state index contributed by atoms with van der Waals surface area (Å²) in [6.07, 6.45) is 6.63. The van der Waals surface area contributed by atoms with Gasteiger partial charge in [0.05, 0.1) is 0 Å². The smallest absolute Gasteiger partial charge is 0.228 e. The quantitative estimate of drug-likeness (QED) is 0.825. The first kappa shape index (κ1) is 9.82. The largest absolute Gasteiger partial charge is 0.310 e. The summed E-state index contributed by atoms with van der Waals surface area (Å²) in [6, 6.07) is 5.59. The fourth-order valence-electron chi connectivity index (χ4n) is 3.22. The number of nitrogens with one attached hydrogen (secondary N) is 1. The van der Waals surface area contributed by atoms with E-state index in [1.807, 2.05) is 18.2 Å². The van der Waals surface area contributed by atoms with Crippen molar-refractivity contribution in [2.24, 2.45) is 17.8 Å². The van der Waals surface area contributed by atoms with E-state index in [-0.39, 0.29) is 11.8 Å². The Kier molecular flexibility index (Phi) is 2.39. The van der Waals surface area contributed by atoms with Crippen LogP contribution in [0, 0.1) is 17.8 Å². The highest BCUT2D eigenvalue weighted by Crippen LogP contribution is 2.48. The first-order valence-electron chi connectivity index (χ1n) is 6.05. The standard InChI is InChI=1S/C13H16N2O/c16-13(15-12-3-1-2-6-14-12)11-8-9-4-5-10(11)7-9/h1-3,6,9-11H,4-5,7-8H2,(H,14,15,16)/t9-,10-,11+/m0/s1. The highest BCUT2D eigenvalue weighted by molar-refractivity contribution is 5.92. The highest BCUT2D eigenvalue weighted by atomic mass is 16.2. The molecule has 1 aromatic heterocycles. The maximum absolute atomic E-state index is 12.1. The third kappa shape index (κ3) is 1.70. The molecule has 1 aromatic rings. The van der Waals surface area contributed by atoms with Crippen LogP contribution in [0.5, 0.6) is 0 Å². The van der Waals surface area contributed by atoms with Gasteiger partial charge in [0.25, 0.3) is 0 Å². The Morgan fingerprint density at radius 3 is 2.88 bits per heavy atom. The van der Waals surface area contributed by atoms with Crippen molar-refractivity contribution in [3.05, 3.63) is 24.4 Å². The minimum atomic E-state index is 0.172. The van der Waals surface area contributed by atoms with E-state index in [0.29, 0.717) is 11.7 Å². The molecular formula is C13H16N2O. The lowest BCUT2D eigenvalue weighted by molar-refractivity contribution is -0.121. The molecule has 16 heavy (non-hydrogen) atoms. The van der Waals surface area contributed by atoms with E-state index in [0.717, 1.165) is 12.3 Å². The number of pyridine rings is 1. The van der Waals surface area contributed by atoms with Crippen molar-refractivity contribution in [2.45, 2.75) is 25.7 Å². The minimum absolute atomic E-state index is 0.172. The molecule has 2 aliphatic carbocycles. The van der Waals surface area contributed by atoms with Crippen LogP contribution in [0.1, 0.15) is 25.7 Å². The summed E-state index contributed by atoms with van der Waals surface area (Å²) in [5.41, 5.74) is 0. The van der Waals surface area contributed by atoms with Gasteiger partial charge < -0.3 is 5.32 Å². The predicted molar refractivity (Wildman–Crippen MR) is 61.8 cm³/mol. The molecule has 1 heterocycles. The molecule has 3 atom stereocenters. The van der Waals surface area contributed by atoms with Gasteiger partial charge in [0.15, 0.2) is 0 Å². The van der Waals surface area contributed by atoms with Crippen molar-refractivity contribution in [3.8, 4) is 0 Å². The van der Waals surface area contributed by atoms with E-state index in [9.17, 15) is 4.79 Å². The molecule has 0 saturated heterocycles. The monoisotopic (exact) mass is 216 g/mol. The Hall–Kier alpha value is -1.38. The van der Waals surface area contributed by atoms with Gasteiger partial charge in [-0.3, -0.25) is 4.79 Å². The molecule has 2 bridgehead atoms. The Morgan fingerprint density at radius 1 is 1.31 bits per heavy atom. The number of rotatable bonds is 2. The number of carbonyl (C=O) groups excluding carboxylic acids is 1. The van der Waals surface area contributed by atoms with Crippen molar-refractivity contribution in [1.82, 2.24) is 4.98 Å². The molecule has 3 rings (SSSR count). The summed E-state index contributed by atoms with van der Waals surface area (Å²) in [5, 5.41) is 2.92. The Balaban J connectivity index is 1.66. The normalized spacial score (nSPS) is 31.6. The van der Waals surface area contributed by atoms with Crippen LogP contribution in [0.15, 0.2) is 24.4 Å². The van der Waals surface area contributed by atoms with Crippen LogP contribution in [-0.4, -0.2) is 10.9 Å². The SMILES string of the molecule is O=C(Nc1ccccn1)[C@@H]1C[C@H]2CC[C@H]1C2. The predicted octanol–water partition coefficient (Wildman–Crippen LogP) is 2.46. The first-order valence-corrected chi connectivity index (χ1v) is 6.05. The summed E-state index contributed by atoms with van der Waals surface area (Å²) in [4.78, 5) is 16.2. The lowest BCUT2D eigenvalue weighted by Crippen LogP contribution is -2.27. The topological polar surface area (TPSA) is 42.0 Å². The van der Waals surface area contributed by atoms with Gasteiger partial charge in [-0.2, -0.15) is 0 Å². The minimum Gasteiger partial charge on any atom is -0.310 e. The van der Waals surface area contributed by atoms with Crippen molar-refractivity contribution >= 4 is 11.7 Å². The van der Waals surface area contributed by atoms with E-state index >= 15 is 0 Å². The van der Waals surface area contributed by atoms with E-state index in [4.69, 9.17) is 0 Å². The van der Waals surface area contributed by atoms with Gasteiger partial charge in [-0.05, 0) is 43.2 Å². The third-order valence-corrected chi connectivity index (χ3v) is 3.99. The number of aromatic nitrogens is 1. The maximum Gasteiger partial charge on any atom is 0.228 e. The van der Waals surface area contributed by atoms with Crippen LogP contribution in [0.3, 0.4) is 0 Å². The third-order valence-electron chi connectivity index (χ3n) is 3.99. The van der Waals surface area contributed by atoms with Gasteiger partial charge >= 0.3 is 0 Å². The zero-order valence-electron chi connectivity index (χ0n) is 9.23. The maximum atomic E-state index is 12.1. The number of anilines is 1. The van der Waals surface area contributed by atoms with Crippen molar-refractivity contribution in [1.29, 1.82) is 0 Å². The molecular weight excluding hydrogens is 200 g/mol. The molecule has 1 amide bonds. The van der Waals surface area contributed by atoms with E-state index in [1.165, 1.54) is 19.3 Å². The second-order valence-corrected chi connectivity index (χ2v) is 4.99. The molecule has 2 aliphatic rings. The summed E-state index contributed by atoms with van der Waals surface area (Å²) in [7, 11) is 0. The number of fused-ring (bicyclic) bond motifs is 2. The number of nitrogens with zero attached hydrogens (tertiary/aromatic N) is 1. The number of amides is 1. The molecule has 0 aromatic carbocycles. The van der Waals surface area contributed by atoms with Crippen molar-refractivity contribution in [3.63, 3.8) is 0 Å². The Bertz CT molecular complexity index is 390. The van der Waals surface area contributed by atoms with Gasteiger partial charge in [0.2, 0.25) is 5.91 Å². The molecule has 2 fully saturated rings. The average molecular weight is 216 g/mol. The van der Waals surface area contributed by atoms with Crippen LogP contribution < -0.4 is 5.32 Å². The van der Waals surface area contributed by atoms with E-state index < -0.39 is 0 Å². The highest BCUT2D eigenvalue weighted by Gasteiger charge is 2.43. The van der Waals surface area contributed by atoms with Gasteiger partial charge in [0.1, 0.15) is 5.82 Å². The molecule has 0 radical (unpaired) electrons. The molecule has 0 spiro atoms. The summed E-state index contributed by atoms with van der Waals surface area (Å²) < 4.78 is 0. The van der Waals surface area contributed by atoms with Gasteiger partial charge in [0, 0.05) is 12.1 Å². The lowest BCUT2D eigenvalue weighted by Gasteiger charge is -2.20. The molecule has 2 saturated carbocycles. The molecule has 3 nitrogen and oxygen atoms in total. The van der Waals surface area contributed by atoms with Crippen LogP contribution in [0.4, 0.5) is 5.82 Å². The van der Waals surface area contributed by atoms with Gasteiger partial charge in [-0.15, -0.1) is 0 Å². The average Bonchev–Trinajstić information content (AvgIpc) is 2.92. The Morgan fingerprint density at radius 2 is 2.25 bits per heavy atom. The zero-order valence-corrected chi connectivity index (χ0v) is 9.23. The molecule has 1 N–H and O–H groups in total. The second kappa shape index (κ2) is 3.89. The second-order valence-electron chi connectivity index (χ2n) is 4.99. The fraction of sp³-hybridized carbons (Fsp3) is 0.538. The van der Waals surface area contributed by atoms with Gasteiger partial charge in [-0.25, -0.2) is 4.98 Å². The Labute approximate surface area is 95.3 Å². The summed E-state index contributed by atoms with van der Waals surface area (Å²) in [5.74, 6) is 2.53. The first-order chi connectivity index (χ1) is 7.83. The zero-order chi connectivity index (χ0) is 11.0. The van der Waals surface area contributed by atoms with Crippen molar-refractivity contribution < 1.29 is 4.79 Å². The van der Waals surface area contributed by atoms with Gasteiger partial charge in [-0.1, -0.05) is 12.5 Å².